The topological polar surface area (TPSA) is 164 Å². The van der Waals surface area contributed by atoms with E-state index in [0.717, 1.165) is 13.1 Å². The van der Waals surface area contributed by atoms with E-state index in [1.807, 2.05) is 7.05 Å². The molecule has 15 heteroatoms. The highest BCUT2D eigenvalue weighted by atomic mass is 19.4. The van der Waals surface area contributed by atoms with Crippen molar-refractivity contribution in [3.05, 3.63) is 18.1 Å². The van der Waals surface area contributed by atoms with Crippen molar-refractivity contribution in [1.29, 1.82) is 0 Å². The molecule has 1 aromatic heterocycles. The first-order valence-corrected chi connectivity index (χ1v) is 10.1. The van der Waals surface area contributed by atoms with Gasteiger partial charge in [0.2, 0.25) is 0 Å². The number of halogens is 3. The summed E-state index contributed by atoms with van der Waals surface area (Å²) >= 11 is 0. The number of aliphatic carboxylic acids is 3. The molecule has 3 fully saturated rings. The molecule has 3 N–H and O–H groups in total. The fourth-order valence-electron chi connectivity index (χ4n) is 4.23. The van der Waals surface area contributed by atoms with Gasteiger partial charge in [-0.25, -0.2) is 9.78 Å². The molecule has 1 aliphatic carbocycles. The first-order chi connectivity index (χ1) is 15.7. The van der Waals surface area contributed by atoms with Crippen LogP contribution in [-0.2, 0) is 14.4 Å². The Balaban J connectivity index is 0.000000406. The van der Waals surface area contributed by atoms with Gasteiger partial charge in [0.15, 0.2) is 0 Å². The van der Waals surface area contributed by atoms with Gasteiger partial charge in [-0.15, -0.1) is 0 Å². The maximum Gasteiger partial charge on any atom is 0.490 e. The molecule has 2 saturated heterocycles. The number of rotatable bonds is 4. The van der Waals surface area contributed by atoms with Crippen LogP contribution >= 0.6 is 0 Å². The van der Waals surface area contributed by atoms with Crippen LogP contribution in [0.1, 0.15) is 16.9 Å². The number of nitrogens with zero attached hydrogens (tertiary/aromatic N) is 5. The number of carbonyl (C=O) groups is 4. The molecule has 0 radical (unpaired) electrons. The van der Waals surface area contributed by atoms with E-state index in [-0.39, 0.29) is 31.1 Å². The second-order valence-electron chi connectivity index (χ2n) is 8.47. The van der Waals surface area contributed by atoms with E-state index in [1.165, 1.54) is 12.4 Å². The van der Waals surface area contributed by atoms with Crippen molar-refractivity contribution < 1.29 is 47.7 Å². The lowest BCUT2D eigenvalue weighted by molar-refractivity contribution is -0.192. The molecule has 0 aromatic carbocycles. The number of piperidine rings is 1. The van der Waals surface area contributed by atoms with Gasteiger partial charge in [-0.3, -0.25) is 19.4 Å². The van der Waals surface area contributed by atoms with Crippen LogP contribution < -0.4 is 4.90 Å². The van der Waals surface area contributed by atoms with Crippen LogP contribution in [0.5, 0.6) is 0 Å². The van der Waals surface area contributed by atoms with Crippen LogP contribution in [0.4, 0.5) is 19.0 Å². The minimum atomic E-state index is -5.08. The highest BCUT2D eigenvalue weighted by Gasteiger charge is 2.81. The number of carboxylic acid groups (broad SMARTS) is 3. The summed E-state index contributed by atoms with van der Waals surface area (Å²) in [5, 5.41) is 26.2. The summed E-state index contributed by atoms with van der Waals surface area (Å²) < 4.78 is 31.7. The Labute approximate surface area is 190 Å². The molecule has 1 aromatic rings. The number of fused-ring (bicyclic) bond motifs is 1. The normalized spacial score (nSPS) is 26.2. The van der Waals surface area contributed by atoms with Gasteiger partial charge < -0.3 is 30.0 Å². The fourth-order valence-corrected chi connectivity index (χ4v) is 4.23. The zero-order valence-electron chi connectivity index (χ0n) is 17.9. The van der Waals surface area contributed by atoms with Crippen molar-refractivity contribution in [2.24, 2.45) is 10.8 Å². The van der Waals surface area contributed by atoms with Crippen molar-refractivity contribution >= 4 is 29.6 Å². The predicted octanol–water partition coefficient (Wildman–Crippen LogP) is -0.137. The molecule has 34 heavy (non-hydrogen) atoms. The van der Waals surface area contributed by atoms with Gasteiger partial charge >= 0.3 is 24.1 Å². The Bertz CT molecular complexity index is 986. The smallest absolute Gasteiger partial charge is 0.481 e. The Morgan fingerprint density at radius 3 is 1.88 bits per heavy atom. The minimum absolute atomic E-state index is 0.0511. The Morgan fingerprint density at radius 1 is 0.941 bits per heavy atom. The molecule has 1 saturated carbocycles. The van der Waals surface area contributed by atoms with E-state index in [2.05, 4.69) is 14.9 Å². The Kier molecular flexibility index (Phi) is 6.43. The second kappa shape index (κ2) is 8.70. The number of likely N-dealkylation sites (N-methyl/N-ethyl adjacent to an activating group) is 1. The lowest BCUT2D eigenvalue weighted by atomic mass is 9.97. The maximum atomic E-state index is 12.7. The van der Waals surface area contributed by atoms with Crippen molar-refractivity contribution in [3.8, 4) is 0 Å². The summed E-state index contributed by atoms with van der Waals surface area (Å²) in [5.41, 5.74) is -2.40. The SMILES string of the molecule is CN1CCN(C(=O)c2cncc(N3C[C@@]4(C(=O)O)C[C@@]4(C(=O)O)C3)n2)CC1.O=C(O)C(F)(F)F. The fraction of sp³-hybridized carbons (Fsp3) is 0.579. The average molecular weight is 489 g/mol. The first-order valence-electron chi connectivity index (χ1n) is 10.1. The largest absolute Gasteiger partial charge is 0.490 e. The van der Waals surface area contributed by atoms with Gasteiger partial charge in [0, 0.05) is 39.3 Å². The monoisotopic (exact) mass is 489 g/mol. The van der Waals surface area contributed by atoms with E-state index < -0.39 is 34.9 Å². The molecule has 1 amide bonds. The number of alkyl halides is 3. The number of carboxylic acids is 3. The molecule has 0 bridgehead atoms. The summed E-state index contributed by atoms with van der Waals surface area (Å²) in [6.07, 6.45) is -2.13. The van der Waals surface area contributed by atoms with Gasteiger partial charge in [0.05, 0.1) is 12.4 Å². The van der Waals surface area contributed by atoms with Crippen molar-refractivity contribution in [3.63, 3.8) is 0 Å². The molecular formula is C19H22F3N5O7. The summed E-state index contributed by atoms with van der Waals surface area (Å²) in [6.45, 7) is 2.88. The van der Waals surface area contributed by atoms with Crippen LogP contribution in [-0.4, -0.2) is 111 Å². The number of aromatic nitrogens is 2. The first kappa shape index (κ1) is 25.1. The Hall–Kier alpha value is -3.49. The van der Waals surface area contributed by atoms with Gasteiger partial charge in [-0.1, -0.05) is 0 Å². The molecule has 3 heterocycles. The average Bonchev–Trinajstić information content (AvgIpc) is 3.31. The number of carbonyl (C=O) groups excluding carboxylic acids is 1. The predicted molar refractivity (Wildman–Crippen MR) is 106 cm³/mol. The van der Waals surface area contributed by atoms with E-state index in [9.17, 15) is 37.8 Å². The third-order valence-electron chi connectivity index (χ3n) is 6.33. The molecular weight excluding hydrogens is 467 g/mol. The molecule has 0 spiro atoms. The standard InChI is InChI=1S/C17H21N5O5.C2HF3O2/c1-20-2-4-21(5-3-20)13(23)11-6-18-7-12(19-11)22-9-16(14(24)25)8-17(16,10-22)15(26)27;3-2(4,5)1(6)7/h6-7H,2-5,8-10H2,1H3,(H,24,25)(H,26,27);(H,6,7)/t16-,17+;. The number of hydrogen-bond acceptors (Lipinski definition) is 8. The van der Waals surface area contributed by atoms with Crippen LogP contribution in [0.15, 0.2) is 12.4 Å². The molecule has 186 valence electrons. The lowest BCUT2D eigenvalue weighted by Gasteiger charge is -2.32. The van der Waals surface area contributed by atoms with Gasteiger partial charge in [0.1, 0.15) is 22.3 Å². The van der Waals surface area contributed by atoms with E-state index in [1.54, 1.807) is 9.80 Å². The van der Waals surface area contributed by atoms with Crippen LogP contribution in [0.2, 0.25) is 0 Å². The van der Waals surface area contributed by atoms with Crippen LogP contribution in [0.3, 0.4) is 0 Å². The highest BCUT2D eigenvalue weighted by molar-refractivity contribution is 5.96. The Morgan fingerprint density at radius 2 is 1.44 bits per heavy atom. The number of hydrogen-bond donors (Lipinski definition) is 3. The summed E-state index contributed by atoms with van der Waals surface area (Å²) in [4.78, 5) is 58.8. The summed E-state index contributed by atoms with van der Waals surface area (Å²) in [7, 11) is 2.00. The third kappa shape index (κ3) is 4.47. The van der Waals surface area contributed by atoms with Crippen molar-refractivity contribution in [2.75, 3.05) is 51.2 Å². The zero-order chi connectivity index (χ0) is 25.5. The minimum Gasteiger partial charge on any atom is -0.481 e. The lowest BCUT2D eigenvalue weighted by Crippen LogP contribution is -2.47. The second-order valence-corrected chi connectivity index (χ2v) is 8.47. The highest BCUT2D eigenvalue weighted by Crippen LogP contribution is 2.68. The molecule has 4 rings (SSSR count). The van der Waals surface area contributed by atoms with E-state index >= 15 is 0 Å². The summed E-state index contributed by atoms with van der Waals surface area (Å²) in [5.74, 6) is -4.85. The van der Waals surface area contributed by atoms with Gasteiger partial charge in [-0.2, -0.15) is 13.2 Å². The van der Waals surface area contributed by atoms with Gasteiger partial charge in [-0.05, 0) is 13.5 Å². The number of anilines is 1. The zero-order valence-corrected chi connectivity index (χ0v) is 17.9. The van der Waals surface area contributed by atoms with Crippen molar-refractivity contribution in [1.82, 2.24) is 19.8 Å². The molecule has 3 aliphatic rings. The van der Waals surface area contributed by atoms with Crippen LogP contribution in [0, 0.1) is 10.8 Å². The quantitative estimate of drug-likeness (QED) is 0.516. The molecule has 0 unspecified atom stereocenters. The molecule has 2 aliphatic heterocycles. The third-order valence-corrected chi connectivity index (χ3v) is 6.33. The molecule has 12 nitrogen and oxygen atoms in total. The van der Waals surface area contributed by atoms with Crippen LogP contribution in [0.25, 0.3) is 0 Å². The molecule has 2 atom stereocenters. The maximum absolute atomic E-state index is 12.7. The summed E-state index contributed by atoms with van der Waals surface area (Å²) in [6, 6.07) is 0. The van der Waals surface area contributed by atoms with E-state index in [4.69, 9.17) is 9.90 Å². The van der Waals surface area contributed by atoms with Gasteiger partial charge in [0.25, 0.3) is 5.91 Å². The van der Waals surface area contributed by atoms with Crippen molar-refractivity contribution in [2.45, 2.75) is 12.6 Å². The number of amides is 1. The number of piperazine rings is 1. The van der Waals surface area contributed by atoms with E-state index in [0.29, 0.717) is 18.9 Å².